The number of rotatable bonds is 3. The summed E-state index contributed by atoms with van der Waals surface area (Å²) < 4.78 is 0. The number of hydrogen-bond acceptors (Lipinski definition) is 3. The van der Waals surface area contributed by atoms with Crippen molar-refractivity contribution >= 4 is 11.8 Å². The predicted molar refractivity (Wildman–Crippen MR) is 54.5 cm³/mol. The third-order valence-electron chi connectivity index (χ3n) is 2.73. The van der Waals surface area contributed by atoms with Crippen molar-refractivity contribution in [2.24, 2.45) is 11.3 Å². The molecule has 0 bridgehead atoms. The zero-order valence-corrected chi connectivity index (χ0v) is 9.41. The average Bonchev–Trinajstić information content (AvgIpc) is 2.39. The highest BCUT2D eigenvalue weighted by atomic mass is 16.2. The Hall–Kier alpha value is -1.37. The molecular formula is C11H16N2O2. The zero-order chi connectivity index (χ0) is 11.6. The van der Waals surface area contributed by atoms with Crippen molar-refractivity contribution < 1.29 is 9.59 Å². The first-order valence-electron chi connectivity index (χ1n) is 5.13. The maximum absolute atomic E-state index is 11.5. The highest BCUT2D eigenvalue weighted by molar-refractivity contribution is 6.03. The second-order valence-corrected chi connectivity index (χ2v) is 4.73. The third kappa shape index (κ3) is 2.56. The van der Waals surface area contributed by atoms with E-state index in [9.17, 15) is 9.59 Å². The number of nitrogens with zero attached hydrogens (tertiary/aromatic N) is 2. The molecule has 0 radical (unpaired) electrons. The molecule has 0 aliphatic carbocycles. The lowest BCUT2D eigenvalue weighted by atomic mass is 9.91. The topological polar surface area (TPSA) is 61.2 Å². The van der Waals surface area contributed by atoms with Crippen LogP contribution < -0.4 is 0 Å². The molecule has 82 valence electrons. The second-order valence-electron chi connectivity index (χ2n) is 4.73. The van der Waals surface area contributed by atoms with E-state index >= 15 is 0 Å². The first kappa shape index (κ1) is 11.7. The van der Waals surface area contributed by atoms with Crippen LogP contribution in [-0.4, -0.2) is 23.3 Å². The van der Waals surface area contributed by atoms with Gasteiger partial charge >= 0.3 is 0 Å². The summed E-state index contributed by atoms with van der Waals surface area (Å²) >= 11 is 0. The van der Waals surface area contributed by atoms with Gasteiger partial charge in [-0.3, -0.25) is 14.5 Å². The van der Waals surface area contributed by atoms with Crippen molar-refractivity contribution in [1.82, 2.24) is 4.90 Å². The molecule has 0 aromatic rings. The number of imide groups is 1. The summed E-state index contributed by atoms with van der Waals surface area (Å²) in [5.41, 5.74) is -0.480. The largest absolute Gasteiger partial charge is 0.282 e. The Morgan fingerprint density at radius 2 is 2.13 bits per heavy atom. The molecule has 1 heterocycles. The fraction of sp³-hybridized carbons (Fsp3) is 0.727. The van der Waals surface area contributed by atoms with Crippen LogP contribution in [0.15, 0.2) is 0 Å². The van der Waals surface area contributed by atoms with Crippen LogP contribution >= 0.6 is 0 Å². The van der Waals surface area contributed by atoms with E-state index in [0.717, 1.165) is 0 Å². The fourth-order valence-corrected chi connectivity index (χ4v) is 1.53. The maximum atomic E-state index is 11.5. The van der Waals surface area contributed by atoms with Crippen molar-refractivity contribution in [2.45, 2.75) is 33.6 Å². The standard InChI is InChI=1S/C11H16N2O2/c1-8-6-9(14)13(10(8)15)5-4-11(2,3)7-12/h8H,4-6H2,1-3H3. The summed E-state index contributed by atoms with van der Waals surface area (Å²) in [5.74, 6) is -0.405. The molecule has 0 aromatic heterocycles. The molecule has 1 unspecified atom stereocenters. The minimum Gasteiger partial charge on any atom is -0.282 e. The summed E-state index contributed by atoms with van der Waals surface area (Å²) in [6.45, 7) is 5.74. The molecule has 1 saturated heterocycles. The summed E-state index contributed by atoms with van der Waals surface area (Å²) in [4.78, 5) is 24.2. The molecule has 4 heteroatoms. The number of amides is 2. The normalized spacial score (nSPS) is 22.0. The van der Waals surface area contributed by atoms with Crippen LogP contribution in [0, 0.1) is 22.7 Å². The van der Waals surface area contributed by atoms with Gasteiger partial charge < -0.3 is 0 Å². The van der Waals surface area contributed by atoms with E-state index in [1.54, 1.807) is 20.8 Å². The SMILES string of the molecule is CC1CC(=O)N(CCC(C)(C)C#N)C1=O. The first-order valence-corrected chi connectivity index (χ1v) is 5.13. The lowest BCUT2D eigenvalue weighted by Gasteiger charge is -2.20. The maximum Gasteiger partial charge on any atom is 0.232 e. The van der Waals surface area contributed by atoms with E-state index in [-0.39, 0.29) is 17.7 Å². The minimum absolute atomic E-state index is 0.103. The number of carbonyl (C=O) groups is 2. The van der Waals surface area contributed by atoms with Gasteiger partial charge in [-0.15, -0.1) is 0 Å². The van der Waals surface area contributed by atoms with Gasteiger partial charge in [0.25, 0.3) is 0 Å². The Morgan fingerprint density at radius 3 is 2.53 bits per heavy atom. The zero-order valence-electron chi connectivity index (χ0n) is 9.41. The van der Waals surface area contributed by atoms with E-state index in [0.29, 0.717) is 19.4 Å². The van der Waals surface area contributed by atoms with Gasteiger partial charge in [0.15, 0.2) is 0 Å². The quantitative estimate of drug-likeness (QED) is 0.657. The van der Waals surface area contributed by atoms with Gasteiger partial charge in [-0.05, 0) is 20.3 Å². The van der Waals surface area contributed by atoms with Crippen LogP contribution in [-0.2, 0) is 9.59 Å². The smallest absolute Gasteiger partial charge is 0.232 e. The van der Waals surface area contributed by atoms with E-state index in [2.05, 4.69) is 6.07 Å². The summed E-state index contributed by atoms with van der Waals surface area (Å²) in [7, 11) is 0. The van der Waals surface area contributed by atoms with Crippen molar-refractivity contribution in [2.75, 3.05) is 6.54 Å². The highest BCUT2D eigenvalue weighted by Crippen LogP contribution is 2.23. The van der Waals surface area contributed by atoms with Crippen LogP contribution in [0.4, 0.5) is 0 Å². The van der Waals surface area contributed by atoms with Gasteiger partial charge in [0.2, 0.25) is 11.8 Å². The highest BCUT2D eigenvalue weighted by Gasteiger charge is 2.36. The van der Waals surface area contributed by atoms with Crippen LogP contribution in [0.1, 0.15) is 33.6 Å². The Kier molecular flexibility index (Phi) is 3.13. The molecule has 1 rings (SSSR count). The molecular weight excluding hydrogens is 192 g/mol. The summed E-state index contributed by atoms with van der Waals surface area (Å²) in [5, 5.41) is 8.81. The van der Waals surface area contributed by atoms with Crippen molar-refractivity contribution in [3.8, 4) is 6.07 Å². The Bertz CT molecular complexity index is 328. The molecule has 2 amide bonds. The molecule has 4 nitrogen and oxygen atoms in total. The van der Waals surface area contributed by atoms with Gasteiger partial charge in [0.1, 0.15) is 0 Å². The lowest BCUT2D eigenvalue weighted by Crippen LogP contribution is -2.33. The fourth-order valence-electron chi connectivity index (χ4n) is 1.53. The van der Waals surface area contributed by atoms with E-state index in [1.807, 2.05) is 0 Å². The Balaban J connectivity index is 2.57. The van der Waals surface area contributed by atoms with Gasteiger partial charge in [-0.1, -0.05) is 6.92 Å². The Labute approximate surface area is 89.9 Å². The number of carbonyl (C=O) groups excluding carboxylic acids is 2. The summed E-state index contributed by atoms with van der Waals surface area (Å²) in [6, 6.07) is 2.16. The number of likely N-dealkylation sites (tertiary alicyclic amines) is 1. The molecule has 0 spiro atoms. The van der Waals surface area contributed by atoms with Gasteiger partial charge in [-0.25, -0.2) is 0 Å². The predicted octanol–water partition coefficient (Wildman–Crippen LogP) is 1.32. The molecule has 0 N–H and O–H groups in total. The number of hydrogen-bond donors (Lipinski definition) is 0. The van der Waals surface area contributed by atoms with Crippen LogP contribution in [0.25, 0.3) is 0 Å². The van der Waals surface area contributed by atoms with E-state index in [1.165, 1.54) is 4.90 Å². The number of nitriles is 1. The van der Waals surface area contributed by atoms with E-state index in [4.69, 9.17) is 5.26 Å². The monoisotopic (exact) mass is 208 g/mol. The van der Waals surface area contributed by atoms with Crippen molar-refractivity contribution in [1.29, 1.82) is 5.26 Å². The third-order valence-corrected chi connectivity index (χ3v) is 2.73. The van der Waals surface area contributed by atoms with E-state index < -0.39 is 5.41 Å². The van der Waals surface area contributed by atoms with Crippen LogP contribution in [0.3, 0.4) is 0 Å². The van der Waals surface area contributed by atoms with Gasteiger partial charge in [0, 0.05) is 18.9 Å². The van der Waals surface area contributed by atoms with Gasteiger partial charge in [0.05, 0.1) is 11.5 Å². The summed E-state index contributed by atoms with van der Waals surface area (Å²) in [6.07, 6.45) is 0.847. The van der Waals surface area contributed by atoms with Crippen LogP contribution in [0.5, 0.6) is 0 Å². The molecule has 1 fully saturated rings. The van der Waals surface area contributed by atoms with Crippen molar-refractivity contribution in [3.05, 3.63) is 0 Å². The first-order chi connectivity index (χ1) is 6.87. The van der Waals surface area contributed by atoms with Crippen molar-refractivity contribution in [3.63, 3.8) is 0 Å². The second kappa shape index (κ2) is 4.01. The van der Waals surface area contributed by atoms with Gasteiger partial charge in [-0.2, -0.15) is 5.26 Å². The minimum atomic E-state index is -0.480. The molecule has 15 heavy (non-hydrogen) atoms. The molecule has 0 saturated carbocycles. The molecule has 0 aromatic carbocycles. The lowest BCUT2D eigenvalue weighted by molar-refractivity contribution is -0.139. The molecule has 1 atom stereocenters. The Morgan fingerprint density at radius 1 is 1.53 bits per heavy atom. The molecule has 1 aliphatic rings. The molecule has 1 aliphatic heterocycles. The van der Waals surface area contributed by atoms with Crippen LogP contribution in [0.2, 0.25) is 0 Å². The average molecular weight is 208 g/mol.